The molecule has 112 valence electrons. The van der Waals surface area contributed by atoms with Gasteiger partial charge in [-0.2, -0.15) is 0 Å². The van der Waals surface area contributed by atoms with Crippen molar-refractivity contribution in [2.75, 3.05) is 12.4 Å². The Balaban J connectivity index is 1.98. The van der Waals surface area contributed by atoms with E-state index in [1.165, 1.54) is 19.6 Å². The first-order chi connectivity index (χ1) is 10.2. The van der Waals surface area contributed by atoms with Crippen LogP contribution >= 0.6 is 0 Å². The minimum Gasteiger partial charge on any atom is -0.466 e. The monoisotopic (exact) mass is 287 g/mol. The molecule has 1 aromatic rings. The smallest absolute Gasteiger partial charge is 0.330 e. The van der Waals surface area contributed by atoms with Gasteiger partial charge in [-0.3, -0.25) is 4.79 Å². The average Bonchev–Trinajstić information content (AvgIpc) is 2.53. The molecule has 1 fully saturated rings. The average molecular weight is 287 g/mol. The Morgan fingerprint density at radius 3 is 2.71 bits per heavy atom. The van der Waals surface area contributed by atoms with Gasteiger partial charge in [-0.1, -0.05) is 31.4 Å². The summed E-state index contributed by atoms with van der Waals surface area (Å²) in [5.41, 5.74) is 1.61. The van der Waals surface area contributed by atoms with E-state index in [1.807, 2.05) is 24.3 Å². The van der Waals surface area contributed by atoms with E-state index in [-0.39, 0.29) is 11.8 Å². The minimum absolute atomic E-state index is 0.101. The highest BCUT2D eigenvalue weighted by Crippen LogP contribution is 2.25. The summed E-state index contributed by atoms with van der Waals surface area (Å²) in [6.07, 6.45) is 8.50. The van der Waals surface area contributed by atoms with Crippen LogP contribution in [0.25, 0.3) is 6.08 Å². The van der Waals surface area contributed by atoms with Crippen LogP contribution in [0, 0.1) is 5.92 Å². The van der Waals surface area contributed by atoms with E-state index in [0.717, 1.165) is 36.9 Å². The van der Waals surface area contributed by atoms with E-state index in [2.05, 4.69) is 10.1 Å². The molecular weight excluding hydrogens is 266 g/mol. The number of benzene rings is 1. The normalized spacial score (nSPS) is 15.9. The van der Waals surface area contributed by atoms with E-state index in [9.17, 15) is 9.59 Å². The molecule has 0 atom stereocenters. The predicted octanol–water partition coefficient (Wildman–Crippen LogP) is 3.39. The molecule has 2 rings (SSSR count). The third kappa shape index (κ3) is 4.74. The highest BCUT2D eigenvalue weighted by molar-refractivity contribution is 5.93. The van der Waals surface area contributed by atoms with Crippen molar-refractivity contribution in [3.63, 3.8) is 0 Å². The van der Waals surface area contributed by atoms with Gasteiger partial charge in [-0.05, 0) is 36.6 Å². The number of amides is 1. The Hall–Kier alpha value is -2.10. The summed E-state index contributed by atoms with van der Waals surface area (Å²) < 4.78 is 4.55. The molecule has 0 radical (unpaired) electrons. The van der Waals surface area contributed by atoms with Crippen molar-refractivity contribution in [2.45, 2.75) is 32.1 Å². The van der Waals surface area contributed by atoms with Gasteiger partial charge in [0.25, 0.3) is 0 Å². The van der Waals surface area contributed by atoms with Gasteiger partial charge >= 0.3 is 5.97 Å². The minimum atomic E-state index is -0.397. The molecule has 21 heavy (non-hydrogen) atoms. The third-order valence-electron chi connectivity index (χ3n) is 3.74. The Bertz CT molecular complexity index is 531. The molecule has 4 heteroatoms. The van der Waals surface area contributed by atoms with Gasteiger partial charge in [0.2, 0.25) is 5.91 Å². The molecule has 1 N–H and O–H groups in total. The lowest BCUT2D eigenvalue weighted by Gasteiger charge is -2.20. The summed E-state index contributed by atoms with van der Waals surface area (Å²) in [6, 6.07) is 7.43. The van der Waals surface area contributed by atoms with Gasteiger partial charge in [0, 0.05) is 17.7 Å². The summed E-state index contributed by atoms with van der Waals surface area (Å²) in [6.45, 7) is 0. The second-order valence-corrected chi connectivity index (χ2v) is 5.31. The van der Waals surface area contributed by atoms with Gasteiger partial charge < -0.3 is 10.1 Å². The number of anilines is 1. The molecule has 1 aromatic carbocycles. The van der Waals surface area contributed by atoms with Crippen molar-refractivity contribution < 1.29 is 14.3 Å². The number of nitrogens with one attached hydrogen (secondary N) is 1. The van der Waals surface area contributed by atoms with E-state index in [0.29, 0.717) is 0 Å². The summed E-state index contributed by atoms with van der Waals surface area (Å²) in [5, 5.41) is 2.96. The molecular formula is C17H21NO3. The number of hydrogen-bond donors (Lipinski definition) is 1. The molecule has 0 heterocycles. The summed E-state index contributed by atoms with van der Waals surface area (Å²) in [5.74, 6) is -0.163. The second-order valence-electron chi connectivity index (χ2n) is 5.31. The van der Waals surface area contributed by atoms with Crippen LogP contribution in [-0.4, -0.2) is 19.0 Å². The van der Waals surface area contributed by atoms with Crippen molar-refractivity contribution >= 4 is 23.6 Å². The molecule has 0 unspecified atom stereocenters. The van der Waals surface area contributed by atoms with E-state index >= 15 is 0 Å². The fourth-order valence-electron chi connectivity index (χ4n) is 2.56. The molecule has 4 nitrogen and oxygen atoms in total. The Morgan fingerprint density at radius 2 is 2.00 bits per heavy atom. The molecule has 1 aliphatic rings. The molecule has 0 aromatic heterocycles. The summed E-state index contributed by atoms with van der Waals surface area (Å²) >= 11 is 0. The first-order valence-electron chi connectivity index (χ1n) is 7.36. The Labute approximate surface area is 125 Å². The first-order valence-corrected chi connectivity index (χ1v) is 7.36. The number of hydrogen-bond acceptors (Lipinski definition) is 3. The molecule has 0 saturated heterocycles. The molecule has 0 spiro atoms. The van der Waals surface area contributed by atoms with Gasteiger partial charge in [0.1, 0.15) is 0 Å². The lowest BCUT2D eigenvalue weighted by molar-refractivity contribution is -0.134. The zero-order chi connectivity index (χ0) is 15.1. The van der Waals surface area contributed by atoms with Crippen LogP contribution in [0.5, 0.6) is 0 Å². The van der Waals surface area contributed by atoms with Crippen LogP contribution in [0.15, 0.2) is 30.3 Å². The maximum Gasteiger partial charge on any atom is 0.330 e. The zero-order valence-electron chi connectivity index (χ0n) is 12.3. The van der Waals surface area contributed by atoms with Crippen molar-refractivity contribution in [2.24, 2.45) is 5.92 Å². The van der Waals surface area contributed by atoms with Gasteiger partial charge in [-0.15, -0.1) is 0 Å². The predicted molar refractivity (Wildman–Crippen MR) is 82.7 cm³/mol. The number of esters is 1. The standard InChI is InChI=1S/C17H21NO3/c1-21-16(19)11-10-13-6-5-9-15(12-13)18-17(20)14-7-3-2-4-8-14/h5-6,9-12,14H,2-4,7-8H2,1H3,(H,18,20)/b11-10+. The lowest BCUT2D eigenvalue weighted by Crippen LogP contribution is -2.24. The van der Waals surface area contributed by atoms with Crippen molar-refractivity contribution in [1.82, 2.24) is 0 Å². The van der Waals surface area contributed by atoms with Crippen LogP contribution in [0.3, 0.4) is 0 Å². The van der Waals surface area contributed by atoms with Crippen molar-refractivity contribution in [3.8, 4) is 0 Å². The maximum atomic E-state index is 12.2. The molecule has 0 bridgehead atoms. The van der Waals surface area contributed by atoms with Crippen LogP contribution in [0.4, 0.5) is 5.69 Å². The van der Waals surface area contributed by atoms with Gasteiger partial charge in [-0.25, -0.2) is 4.79 Å². The molecule has 1 aliphatic carbocycles. The number of carbonyl (C=O) groups is 2. The third-order valence-corrected chi connectivity index (χ3v) is 3.74. The number of rotatable bonds is 4. The number of methoxy groups -OCH3 is 1. The molecule has 0 aliphatic heterocycles. The van der Waals surface area contributed by atoms with Crippen LogP contribution < -0.4 is 5.32 Å². The van der Waals surface area contributed by atoms with Crippen molar-refractivity contribution in [1.29, 1.82) is 0 Å². The van der Waals surface area contributed by atoms with E-state index < -0.39 is 5.97 Å². The quantitative estimate of drug-likeness (QED) is 0.682. The van der Waals surface area contributed by atoms with Crippen LogP contribution in [-0.2, 0) is 14.3 Å². The number of carbonyl (C=O) groups excluding carboxylic acids is 2. The fraction of sp³-hybridized carbons (Fsp3) is 0.412. The molecule has 1 amide bonds. The SMILES string of the molecule is COC(=O)/C=C/c1cccc(NC(=O)C2CCCCC2)c1. The Morgan fingerprint density at radius 1 is 1.24 bits per heavy atom. The summed E-state index contributed by atoms with van der Waals surface area (Å²) in [4.78, 5) is 23.3. The van der Waals surface area contributed by atoms with Crippen LogP contribution in [0.1, 0.15) is 37.7 Å². The molecule has 1 saturated carbocycles. The van der Waals surface area contributed by atoms with Crippen molar-refractivity contribution in [3.05, 3.63) is 35.9 Å². The first kappa shape index (κ1) is 15.3. The summed E-state index contributed by atoms with van der Waals surface area (Å²) in [7, 11) is 1.34. The largest absolute Gasteiger partial charge is 0.466 e. The maximum absolute atomic E-state index is 12.2. The van der Waals surface area contributed by atoms with E-state index in [4.69, 9.17) is 0 Å². The number of ether oxygens (including phenoxy) is 1. The van der Waals surface area contributed by atoms with Gasteiger partial charge in [0.15, 0.2) is 0 Å². The topological polar surface area (TPSA) is 55.4 Å². The van der Waals surface area contributed by atoms with Crippen LogP contribution in [0.2, 0.25) is 0 Å². The Kier molecular flexibility index (Phi) is 5.55. The van der Waals surface area contributed by atoms with Gasteiger partial charge in [0.05, 0.1) is 7.11 Å². The lowest BCUT2D eigenvalue weighted by atomic mass is 9.88. The van der Waals surface area contributed by atoms with E-state index in [1.54, 1.807) is 6.08 Å². The highest BCUT2D eigenvalue weighted by atomic mass is 16.5. The highest BCUT2D eigenvalue weighted by Gasteiger charge is 2.20. The fourth-order valence-corrected chi connectivity index (χ4v) is 2.56. The zero-order valence-corrected chi connectivity index (χ0v) is 12.3. The second kappa shape index (κ2) is 7.62.